The number of anilines is 4. The summed E-state index contributed by atoms with van der Waals surface area (Å²) in [7, 11) is 0. The minimum Gasteiger partial charge on any atom is -0.337 e. The van der Waals surface area contributed by atoms with Gasteiger partial charge in [0.25, 0.3) is 0 Å². The van der Waals surface area contributed by atoms with E-state index in [1.165, 1.54) is 0 Å². The first-order valence-corrected chi connectivity index (χ1v) is 7.99. The number of rotatable bonds is 4. The lowest BCUT2D eigenvalue weighted by Crippen LogP contribution is -2.03. The van der Waals surface area contributed by atoms with Crippen LogP contribution in [0.25, 0.3) is 11.3 Å². The van der Waals surface area contributed by atoms with Crippen molar-refractivity contribution in [2.24, 2.45) is 0 Å². The highest BCUT2D eigenvalue weighted by molar-refractivity contribution is 6.42. The van der Waals surface area contributed by atoms with E-state index in [0.717, 1.165) is 5.69 Å². The van der Waals surface area contributed by atoms with E-state index in [1.807, 2.05) is 30.3 Å². The maximum atomic E-state index is 6.07. The second kappa shape index (κ2) is 6.54. The predicted molar refractivity (Wildman–Crippen MR) is 96.9 cm³/mol. The number of halogens is 2. The van der Waals surface area contributed by atoms with Crippen molar-refractivity contribution in [2.45, 2.75) is 0 Å². The Morgan fingerprint density at radius 3 is 2.00 bits per heavy atom. The van der Waals surface area contributed by atoms with Crippen molar-refractivity contribution in [3.63, 3.8) is 0 Å². The summed E-state index contributed by atoms with van der Waals surface area (Å²) >= 11 is 12.0. The number of hydrogen-bond donors (Lipinski definition) is 2. The van der Waals surface area contributed by atoms with Gasteiger partial charge in [-0.2, -0.15) is 0 Å². The zero-order valence-corrected chi connectivity index (χ0v) is 14.1. The van der Waals surface area contributed by atoms with E-state index < -0.39 is 0 Å². The van der Waals surface area contributed by atoms with Gasteiger partial charge in [-0.1, -0.05) is 41.4 Å². The number of nitrogens with one attached hydrogen (secondary N) is 2. The largest absolute Gasteiger partial charge is 0.337 e. The third kappa shape index (κ3) is 3.33. The molecule has 25 heavy (non-hydrogen) atoms. The molecule has 9 heteroatoms. The lowest BCUT2D eigenvalue weighted by molar-refractivity contribution is 0.314. The lowest BCUT2D eigenvalue weighted by atomic mass is 10.3. The predicted octanol–water partition coefficient (Wildman–Crippen LogP) is 4.81. The first-order chi connectivity index (χ1) is 12.2. The minimum absolute atomic E-state index is 0.293. The van der Waals surface area contributed by atoms with Gasteiger partial charge in [-0.25, -0.2) is 14.6 Å². The van der Waals surface area contributed by atoms with E-state index in [4.69, 9.17) is 27.8 Å². The van der Waals surface area contributed by atoms with Crippen molar-refractivity contribution in [1.29, 1.82) is 0 Å². The highest BCUT2D eigenvalue weighted by atomic mass is 35.5. The Labute approximate surface area is 152 Å². The molecular formula is C16H10Cl2N6O. The zero-order valence-electron chi connectivity index (χ0n) is 12.6. The number of para-hydroxylation sites is 1. The second-order valence-electron chi connectivity index (χ2n) is 5.08. The van der Waals surface area contributed by atoms with Gasteiger partial charge >= 0.3 is 0 Å². The monoisotopic (exact) mass is 372 g/mol. The Kier molecular flexibility index (Phi) is 4.09. The summed E-state index contributed by atoms with van der Waals surface area (Å²) in [5, 5.41) is 14.7. The lowest BCUT2D eigenvalue weighted by Gasteiger charge is -2.12. The maximum Gasteiger partial charge on any atom is 0.245 e. The van der Waals surface area contributed by atoms with Gasteiger partial charge in [0, 0.05) is 11.4 Å². The molecule has 0 fully saturated rings. The van der Waals surface area contributed by atoms with E-state index in [-0.39, 0.29) is 0 Å². The normalized spacial score (nSPS) is 10.8. The minimum atomic E-state index is 0.293. The summed E-state index contributed by atoms with van der Waals surface area (Å²) < 4.78 is 4.69. The van der Waals surface area contributed by atoms with Crippen molar-refractivity contribution in [1.82, 2.24) is 20.3 Å². The van der Waals surface area contributed by atoms with E-state index >= 15 is 0 Å². The van der Waals surface area contributed by atoms with Crippen LogP contribution in [0.3, 0.4) is 0 Å². The average Bonchev–Trinajstić information content (AvgIpc) is 3.06. The molecule has 0 aliphatic rings. The van der Waals surface area contributed by atoms with E-state index in [0.29, 0.717) is 38.7 Å². The first kappa shape index (κ1) is 15.6. The molecule has 2 heterocycles. The van der Waals surface area contributed by atoms with Crippen molar-refractivity contribution < 1.29 is 4.63 Å². The van der Waals surface area contributed by atoms with Gasteiger partial charge in [-0.05, 0) is 40.6 Å². The quantitative estimate of drug-likeness (QED) is 0.531. The van der Waals surface area contributed by atoms with E-state index in [9.17, 15) is 0 Å². The molecule has 0 aliphatic heterocycles. The standard InChI is InChI=1S/C16H10Cl2N6O/c17-11-7-6-10(8-12(11)18)20-14-13(19-9-4-2-1-3-5-9)21-15-16(22-14)24-25-23-15/h1-8H,(H,19,21,23)(H,20,22,24). The molecule has 0 unspecified atom stereocenters. The molecule has 4 rings (SSSR count). The van der Waals surface area contributed by atoms with E-state index in [1.54, 1.807) is 18.2 Å². The Morgan fingerprint density at radius 2 is 1.36 bits per heavy atom. The molecule has 0 saturated carbocycles. The van der Waals surface area contributed by atoms with Crippen molar-refractivity contribution in [3.05, 3.63) is 58.6 Å². The summed E-state index contributed by atoms with van der Waals surface area (Å²) in [4.78, 5) is 8.80. The van der Waals surface area contributed by atoms with Crippen LogP contribution in [-0.2, 0) is 0 Å². The van der Waals surface area contributed by atoms with E-state index in [2.05, 4.69) is 30.9 Å². The fraction of sp³-hybridized carbons (Fsp3) is 0. The Morgan fingerprint density at radius 1 is 0.720 bits per heavy atom. The fourth-order valence-electron chi connectivity index (χ4n) is 2.18. The fourth-order valence-corrected chi connectivity index (χ4v) is 2.48. The van der Waals surface area contributed by atoms with Crippen LogP contribution in [0.5, 0.6) is 0 Å². The summed E-state index contributed by atoms with van der Waals surface area (Å²) in [5.74, 6) is 0.922. The van der Waals surface area contributed by atoms with Gasteiger partial charge in [0.15, 0.2) is 11.6 Å². The second-order valence-corrected chi connectivity index (χ2v) is 5.89. The Bertz CT molecular complexity index is 1040. The average molecular weight is 373 g/mol. The first-order valence-electron chi connectivity index (χ1n) is 7.23. The molecule has 2 N–H and O–H groups in total. The van der Waals surface area contributed by atoms with Crippen LogP contribution < -0.4 is 10.6 Å². The molecule has 0 aliphatic carbocycles. The smallest absolute Gasteiger partial charge is 0.245 e. The van der Waals surface area contributed by atoms with Crippen LogP contribution in [0.2, 0.25) is 10.0 Å². The number of aromatic nitrogens is 4. The molecule has 4 aromatic rings. The molecule has 0 bridgehead atoms. The highest BCUT2D eigenvalue weighted by Gasteiger charge is 2.13. The third-order valence-corrected chi connectivity index (χ3v) is 4.07. The molecule has 0 saturated heterocycles. The van der Waals surface area contributed by atoms with Crippen LogP contribution in [0, 0.1) is 0 Å². The van der Waals surface area contributed by atoms with Crippen LogP contribution in [0.4, 0.5) is 23.0 Å². The molecule has 2 aromatic heterocycles. The number of benzene rings is 2. The molecule has 7 nitrogen and oxygen atoms in total. The molecule has 2 aromatic carbocycles. The number of fused-ring (bicyclic) bond motifs is 1. The van der Waals surface area contributed by atoms with Crippen LogP contribution in [0.1, 0.15) is 0 Å². The van der Waals surface area contributed by atoms with Gasteiger partial charge in [0.2, 0.25) is 11.3 Å². The van der Waals surface area contributed by atoms with Crippen molar-refractivity contribution in [3.8, 4) is 0 Å². The molecule has 0 atom stereocenters. The van der Waals surface area contributed by atoms with Gasteiger partial charge in [-0.15, -0.1) is 0 Å². The van der Waals surface area contributed by atoms with Gasteiger partial charge in [0.1, 0.15) is 0 Å². The van der Waals surface area contributed by atoms with Gasteiger partial charge < -0.3 is 10.6 Å². The van der Waals surface area contributed by atoms with Gasteiger partial charge in [0.05, 0.1) is 10.0 Å². The maximum absolute atomic E-state index is 6.07. The van der Waals surface area contributed by atoms with Crippen LogP contribution >= 0.6 is 23.2 Å². The van der Waals surface area contributed by atoms with Crippen molar-refractivity contribution >= 4 is 57.5 Å². The van der Waals surface area contributed by atoms with Crippen LogP contribution in [0.15, 0.2) is 53.2 Å². The highest BCUT2D eigenvalue weighted by Crippen LogP contribution is 2.30. The number of nitrogens with zero attached hydrogens (tertiary/aromatic N) is 4. The molecule has 0 spiro atoms. The van der Waals surface area contributed by atoms with Crippen LogP contribution in [-0.4, -0.2) is 20.3 Å². The summed E-state index contributed by atoms with van der Waals surface area (Å²) in [5.41, 5.74) is 2.15. The third-order valence-electron chi connectivity index (χ3n) is 3.33. The molecule has 124 valence electrons. The summed E-state index contributed by atoms with van der Waals surface area (Å²) in [6, 6.07) is 14.8. The van der Waals surface area contributed by atoms with Crippen molar-refractivity contribution in [2.75, 3.05) is 10.6 Å². The Hall–Kier alpha value is -2.90. The summed E-state index contributed by atoms with van der Waals surface area (Å²) in [6.45, 7) is 0. The SMILES string of the molecule is Clc1ccc(Nc2nc3nonc3nc2Nc2ccccc2)cc1Cl. The number of hydrogen-bond acceptors (Lipinski definition) is 7. The Balaban J connectivity index is 1.74. The topological polar surface area (TPSA) is 88.8 Å². The van der Waals surface area contributed by atoms with Gasteiger partial charge in [-0.3, -0.25) is 0 Å². The zero-order chi connectivity index (χ0) is 17.2. The molecule has 0 radical (unpaired) electrons. The molecular weight excluding hydrogens is 363 g/mol. The molecule has 0 amide bonds. The summed E-state index contributed by atoms with van der Waals surface area (Å²) in [6.07, 6.45) is 0.